The van der Waals surface area contributed by atoms with Crippen LogP contribution in [0.1, 0.15) is 59.8 Å². The monoisotopic (exact) mass is 496 g/mol. The Morgan fingerprint density at radius 1 is 1.17 bits per heavy atom. The van der Waals surface area contributed by atoms with Crippen molar-refractivity contribution in [3.63, 3.8) is 0 Å². The molecule has 2 aromatic heterocycles. The number of aromatic nitrogens is 2. The van der Waals surface area contributed by atoms with Gasteiger partial charge < -0.3 is 15.8 Å². The van der Waals surface area contributed by atoms with E-state index in [4.69, 9.17) is 10.5 Å². The van der Waals surface area contributed by atoms with Crippen molar-refractivity contribution in [1.82, 2.24) is 15.3 Å². The summed E-state index contributed by atoms with van der Waals surface area (Å²) in [7, 11) is 0. The summed E-state index contributed by atoms with van der Waals surface area (Å²) in [6, 6.07) is 12.9. The summed E-state index contributed by atoms with van der Waals surface area (Å²) >= 11 is 0. The van der Waals surface area contributed by atoms with E-state index in [1.54, 1.807) is 25.1 Å². The van der Waals surface area contributed by atoms with Gasteiger partial charge in [-0.15, -0.1) is 0 Å². The van der Waals surface area contributed by atoms with Crippen molar-refractivity contribution in [2.75, 3.05) is 5.73 Å². The number of pyridine rings is 2. The third kappa shape index (κ3) is 6.41. The average molecular weight is 497 g/mol. The number of nitrogens with two attached hydrogens (primary N) is 1. The number of ether oxygens (including phenoxy) is 1. The first-order chi connectivity index (χ1) is 17.2. The second kappa shape index (κ2) is 10.8. The van der Waals surface area contributed by atoms with Gasteiger partial charge in [-0.3, -0.25) is 4.79 Å². The second-order valence-corrected chi connectivity index (χ2v) is 8.69. The van der Waals surface area contributed by atoms with Gasteiger partial charge >= 0.3 is 6.18 Å². The van der Waals surface area contributed by atoms with E-state index >= 15 is 0 Å². The lowest BCUT2D eigenvalue weighted by Gasteiger charge is -2.25. The predicted octanol–water partition coefficient (Wildman–Crippen LogP) is 6.19. The standard InChI is InChI=1S/C27H27F3N4O2/c1-2-23-22(27(28,29)30)11-13-25(34-23)36-21-5-3-4-18(15-21)14-17-6-9-20(10-7-17)33-26(35)19-8-12-24(31)32-16-19/h3-5,8,11-16,20H,2,6-7,9-10H2,1H3,(H2,31,32)(H,33,35). The van der Waals surface area contributed by atoms with Gasteiger partial charge in [-0.2, -0.15) is 13.2 Å². The highest BCUT2D eigenvalue weighted by Crippen LogP contribution is 2.33. The van der Waals surface area contributed by atoms with Crippen LogP contribution in [0.5, 0.6) is 11.6 Å². The fraction of sp³-hybridized carbons (Fsp3) is 0.296. The Bertz CT molecular complexity index is 1250. The summed E-state index contributed by atoms with van der Waals surface area (Å²) in [4.78, 5) is 20.4. The van der Waals surface area contributed by atoms with Gasteiger partial charge in [0.05, 0.1) is 16.8 Å². The molecular formula is C27H27F3N4O2. The molecule has 0 unspecified atom stereocenters. The number of nitrogens with zero attached hydrogens (tertiary/aromatic N) is 2. The zero-order valence-corrected chi connectivity index (χ0v) is 19.8. The number of hydrogen-bond acceptors (Lipinski definition) is 5. The molecule has 0 saturated heterocycles. The van der Waals surface area contributed by atoms with Crippen molar-refractivity contribution < 1.29 is 22.7 Å². The molecule has 1 fully saturated rings. The van der Waals surface area contributed by atoms with Gasteiger partial charge in [0.15, 0.2) is 0 Å². The van der Waals surface area contributed by atoms with Crippen LogP contribution in [0.25, 0.3) is 6.08 Å². The lowest BCUT2D eigenvalue weighted by molar-refractivity contribution is -0.138. The highest BCUT2D eigenvalue weighted by Gasteiger charge is 2.33. The van der Waals surface area contributed by atoms with Crippen molar-refractivity contribution in [2.45, 2.75) is 51.2 Å². The molecule has 36 heavy (non-hydrogen) atoms. The third-order valence-corrected chi connectivity index (χ3v) is 6.05. The van der Waals surface area contributed by atoms with E-state index in [9.17, 15) is 18.0 Å². The summed E-state index contributed by atoms with van der Waals surface area (Å²) in [5, 5.41) is 3.05. The molecule has 0 bridgehead atoms. The maximum atomic E-state index is 13.1. The first-order valence-electron chi connectivity index (χ1n) is 11.8. The van der Waals surface area contributed by atoms with Gasteiger partial charge in [0.2, 0.25) is 5.88 Å². The smallest absolute Gasteiger partial charge is 0.418 e. The summed E-state index contributed by atoms with van der Waals surface area (Å²) in [6.45, 7) is 1.63. The Morgan fingerprint density at radius 2 is 1.94 bits per heavy atom. The molecule has 3 aromatic rings. The van der Waals surface area contributed by atoms with Gasteiger partial charge in [0.1, 0.15) is 11.6 Å². The molecule has 9 heteroatoms. The maximum absolute atomic E-state index is 13.1. The zero-order valence-electron chi connectivity index (χ0n) is 19.8. The first kappa shape index (κ1) is 25.2. The van der Waals surface area contributed by atoms with Crippen molar-refractivity contribution in [1.29, 1.82) is 0 Å². The number of allylic oxidation sites excluding steroid dienone is 1. The molecule has 4 rings (SSSR count). The van der Waals surface area contributed by atoms with Crippen LogP contribution in [0.15, 0.2) is 60.3 Å². The molecule has 1 amide bonds. The topological polar surface area (TPSA) is 90.1 Å². The Balaban J connectivity index is 1.36. The molecule has 0 atom stereocenters. The predicted molar refractivity (Wildman–Crippen MR) is 131 cm³/mol. The number of halogens is 3. The Hall–Kier alpha value is -3.88. The van der Waals surface area contributed by atoms with Crippen LogP contribution in [0.3, 0.4) is 0 Å². The molecule has 0 spiro atoms. The van der Waals surface area contributed by atoms with Crippen LogP contribution < -0.4 is 15.8 Å². The van der Waals surface area contributed by atoms with Gasteiger partial charge in [-0.05, 0) is 68.0 Å². The number of aryl methyl sites for hydroxylation is 1. The van der Waals surface area contributed by atoms with E-state index in [0.29, 0.717) is 17.1 Å². The van der Waals surface area contributed by atoms with Gasteiger partial charge in [0.25, 0.3) is 5.91 Å². The normalized spacial score (nSPS) is 15.9. The van der Waals surface area contributed by atoms with Crippen molar-refractivity contribution in [3.8, 4) is 11.6 Å². The van der Waals surface area contributed by atoms with Gasteiger partial charge in [-0.1, -0.05) is 30.7 Å². The van der Waals surface area contributed by atoms with Crippen LogP contribution >= 0.6 is 0 Å². The molecule has 188 valence electrons. The number of hydrogen-bond donors (Lipinski definition) is 2. The van der Waals surface area contributed by atoms with Crippen LogP contribution in [0, 0.1) is 0 Å². The number of carbonyl (C=O) groups excluding carboxylic acids is 1. The van der Waals surface area contributed by atoms with E-state index < -0.39 is 11.7 Å². The maximum Gasteiger partial charge on any atom is 0.418 e. The number of nitrogen functional groups attached to an aromatic ring is 1. The van der Waals surface area contributed by atoms with Crippen molar-refractivity contribution >= 4 is 17.8 Å². The van der Waals surface area contributed by atoms with Crippen LogP contribution in [-0.2, 0) is 12.6 Å². The van der Waals surface area contributed by atoms with Crippen molar-refractivity contribution in [2.24, 2.45) is 0 Å². The lowest BCUT2D eigenvalue weighted by atomic mass is 9.89. The molecule has 1 aliphatic carbocycles. The van der Waals surface area contributed by atoms with E-state index in [2.05, 4.69) is 21.4 Å². The number of benzene rings is 1. The molecule has 0 aliphatic heterocycles. The number of nitrogens with one attached hydrogen (secondary N) is 1. The molecule has 2 heterocycles. The van der Waals surface area contributed by atoms with Gasteiger partial charge in [0, 0.05) is 18.3 Å². The van der Waals surface area contributed by atoms with Crippen LogP contribution in [0.4, 0.5) is 19.0 Å². The second-order valence-electron chi connectivity index (χ2n) is 8.69. The lowest BCUT2D eigenvalue weighted by Crippen LogP contribution is -2.36. The number of anilines is 1. The van der Waals surface area contributed by atoms with E-state index in [-0.39, 0.29) is 29.9 Å². The Kier molecular flexibility index (Phi) is 7.57. The van der Waals surface area contributed by atoms with Crippen LogP contribution in [-0.4, -0.2) is 21.9 Å². The highest BCUT2D eigenvalue weighted by molar-refractivity contribution is 5.94. The fourth-order valence-corrected chi connectivity index (χ4v) is 4.18. The zero-order chi connectivity index (χ0) is 25.7. The fourth-order valence-electron chi connectivity index (χ4n) is 4.18. The molecule has 0 radical (unpaired) electrons. The van der Waals surface area contributed by atoms with Crippen molar-refractivity contribution in [3.05, 3.63) is 82.7 Å². The Morgan fingerprint density at radius 3 is 2.61 bits per heavy atom. The highest BCUT2D eigenvalue weighted by atomic mass is 19.4. The SMILES string of the molecule is CCc1nc(Oc2cccc(C=C3CCC(NC(=O)c4ccc(N)nc4)CC3)c2)ccc1C(F)(F)F. The van der Waals surface area contributed by atoms with E-state index in [0.717, 1.165) is 37.3 Å². The minimum Gasteiger partial charge on any atom is -0.439 e. The number of alkyl halides is 3. The Labute approximate surface area is 207 Å². The number of rotatable bonds is 6. The van der Waals surface area contributed by atoms with Crippen LogP contribution in [0.2, 0.25) is 0 Å². The number of amides is 1. The largest absolute Gasteiger partial charge is 0.439 e. The molecule has 3 N–H and O–H groups in total. The summed E-state index contributed by atoms with van der Waals surface area (Å²) < 4.78 is 45.2. The first-order valence-corrected chi connectivity index (χ1v) is 11.8. The quantitative estimate of drug-likeness (QED) is 0.425. The molecule has 1 aromatic carbocycles. The third-order valence-electron chi connectivity index (χ3n) is 6.05. The molecular weight excluding hydrogens is 469 g/mol. The minimum atomic E-state index is -4.45. The molecule has 1 saturated carbocycles. The van der Waals surface area contributed by atoms with E-state index in [1.807, 2.05) is 18.2 Å². The van der Waals surface area contributed by atoms with E-state index in [1.165, 1.54) is 17.8 Å². The summed E-state index contributed by atoms with van der Waals surface area (Å²) in [6.07, 6.45) is 2.60. The molecule has 6 nitrogen and oxygen atoms in total. The summed E-state index contributed by atoms with van der Waals surface area (Å²) in [5.74, 6) is 0.830. The minimum absolute atomic E-state index is 0.0465. The molecule has 1 aliphatic rings. The average Bonchev–Trinajstić information content (AvgIpc) is 2.85. The summed E-state index contributed by atoms with van der Waals surface area (Å²) in [5.41, 5.74) is 7.45. The number of carbonyl (C=O) groups is 1. The van der Waals surface area contributed by atoms with Gasteiger partial charge in [-0.25, -0.2) is 9.97 Å².